The SMILES string of the molecule is c1ccc2cc(-c3ccc(-n4c5c(c6ccccc64)-c4c(n(-c6cccc7ccccc67)c6ccccc46)CC5)cc3)ccc2c1. The van der Waals surface area contributed by atoms with Crippen molar-refractivity contribution >= 4 is 43.4 Å². The summed E-state index contributed by atoms with van der Waals surface area (Å²) in [7, 11) is 0. The first kappa shape index (κ1) is 25.5. The molecule has 0 amide bonds. The van der Waals surface area contributed by atoms with E-state index in [9.17, 15) is 0 Å². The monoisotopic (exact) mass is 586 g/mol. The molecule has 0 fully saturated rings. The van der Waals surface area contributed by atoms with E-state index in [0.717, 1.165) is 12.8 Å². The van der Waals surface area contributed by atoms with Crippen LogP contribution in [0.1, 0.15) is 11.4 Å². The molecule has 2 heteroatoms. The Balaban J connectivity index is 1.18. The molecule has 0 N–H and O–H groups in total. The maximum Gasteiger partial charge on any atom is 0.0538 e. The van der Waals surface area contributed by atoms with Crippen molar-refractivity contribution in [3.8, 4) is 33.6 Å². The second-order valence-electron chi connectivity index (χ2n) is 12.5. The van der Waals surface area contributed by atoms with Crippen LogP contribution in [0, 0.1) is 0 Å². The van der Waals surface area contributed by atoms with Crippen LogP contribution in [0.25, 0.3) is 77.0 Å². The number of hydrogen-bond acceptors (Lipinski definition) is 0. The zero-order valence-corrected chi connectivity index (χ0v) is 25.3. The molecule has 2 nitrogen and oxygen atoms in total. The smallest absolute Gasteiger partial charge is 0.0538 e. The number of para-hydroxylation sites is 2. The number of hydrogen-bond donors (Lipinski definition) is 0. The fraction of sp³-hybridized carbons (Fsp3) is 0.0455. The molecular formula is C44H30N2. The van der Waals surface area contributed by atoms with Crippen molar-refractivity contribution in [2.24, 2.45) is 0 Å². The van der Waals surface area contributed by atoms with Gasteiger partial charge in [-0.2, -0.15) is 0 Å². The van der Waals surface area contributed by atoms with Crippen LogP contribution < -0.4 is 0 Å². The number of nitrogens with zero attached hydrogens (tertiary/aromatic N) is 2. The molecule has 0 aliphatic heterocycles. The third-order valence-corrected chi connectivity index (χ3v) is 10.0. The van der Waals surface area contributed by atoms with Crippen molar-refractivity contribution in [3.05, 3.63) is 169 Å². The third-order valence-electron chi connectivity index (χ3n) is 10.0. The minimum atomic E-state index is 0.977. The van der Waals surface area contributed by atoms with E-state index in [4.69, 9.17) is 0 Å². The van der Waals surface area contributed by atoms with E-state index in [2.05, 4.69) is 167 Å². The van der Waals surface area contributed by atoms with Crippen molar-refractivity contribution in [1.82, 2.24) is 9.13 Å². The Kier molecular flexibility index (Phi) is 5.44. The van der Waals surface area contributed by atoms with Crippen LogP contribution in [0.4, 0.5) is 0 Å². The van der Waals surface area contributed by atoms with Crippen molar-refractivity contribution in [3.63, 3.8) is 0 Å². The second-order valence-corrected chi connectivity index (χ2v) is 12.5. The number of fused-ring (bicyclic) bond motifs is 9. The van der Waals surface area contributed by atoms with Gasteiger partial charge >= 0.3 is 0 Å². The highest BCUT2D eigenvalue weighted by molar-refractivity contribution is 6.10. The zero-order chi connectivity index (χ0) is 30.2. The molecule has 2 heterocycles. The van der Waals surface area contributed by atoms with Gasteiger partial charge in [-0.25, -0.2) is 0 Å². The molecule has 0 unspecified atom stereocenters. The highest BCUT2D eigenvalue weighted by Crippen LogP contribution is 2.48. The van der Waals surface area contributed by atoms with Gasteiger partial charge in [0.05, 0.1) is 16.7 Å². The van der Waals surface area contributed by atoms with Gasteiger partial charge < -0.3 is 9.13 Å². The minimum absolute atomic E-state index is 0.977. The molecule has 216 valence electrons. The molecule has 0 radical (unpaired) electrons. The Labute approximate surface area is 267 Å². The maximum atomic E-state index is 2.54. The Bertz CT molecular complexity index is 2630. The summed E-state index contributed by atoms with van der Waals surface area (Å²) in [5, 5.41) is 7.74. The summed E-state index contributed by atoms with van der Waals surface area (Å²) in [5.74, 6) is 0. The lowest BCUT2D eigenvalue weighted by Crippen LogP contribution is -2.11. The molecule has 0 bridgehead atoms. The van der Waals surface area contributed by atoms with E-state index in [1.54, 1.807) is 0 Å². The van der Waals surface area contributed by atoms with Crippen LogP contribution in [-0.4, -0.2) is 9.13 Å². The molecule has 9 aromatic rings. The van der Waals surface area contributed by atoms with Gasteiger partial charge in [-0.1, -0.05) is 121 Å². The van der Waals surface area contributed by atoms with Crippen LogP contribution in [0.3, 0.4) is 0 Å². The fourth-order valence-corrected chi connectivity index (χ4v) is 8.00. The summed E-state index contributed by atoms with van der Waals surface area (Å²) < 4.78 is 5.06. The Morgan fingerprint density at radius 2 is 0.913 bits per heavy atom. The quantitative estimate of drug-likeness (QED) is 0.195. The molecule has 7 aromatic carbocycles. The molecule has 0 atom stereocenters. The van der Waals surface area contributed by atoms with Gasteiger partial charge in [-0.05, 0) is 76.5 Å². The third kappa shape index (κ3) is 3.64. The van der Waals surface area contributed by atoms with E-state index >= 15 is 0 Å². The van der Waals surface area contributed by atoms with Gasteiger partial charge in [-0.3, -0.25) is 0 Å². The molecule has 1 aliphatic carbocycles. The normalized spacial score (nSPS) is 12.6. The summed E-state index contributed by atoms with van der Waals surface area (Å²) in [6.07, 6.45) is 1.95. The second kappa shape index (κ2) is 9.82. The van der Waals surface area contributed by atoms with Gasteiger partial charge in [0.15, 0.2) is 0 Å². The van der Waals surface area contributed by atoms with Crippen molar-refractivity contribution in [2.45, 2.75) is 12.8 Å². The van der Waals surface area contributed by atoms with Crippen molar-refractivity contribution in [2.75, 3.05) is 0 Å². The summed E-state index contributed by atoms with van der Waals surface area (Å²) in [6, 6.07) is 57.9. The first-order chi connectivity index (χ1) is 22.8. The highest BCUT2D eigenvalue weighted by Gasteiger charge is 2.30. The van der Waals surface area contributed by atoms with E-state index in [1.807, 2.05) is 0 Å². The molecule has 0 spiro atoms. The average Bonchev–Trinajstić information content (AvgIpc) is 3.64. The van der Waals surface area contributed by atoms with Crippen LogP contribution in [-0.2, 0) is 12.8 Å². The molecule has 0 saturated carbocycles. The van der Waals surface area contributed by atoms with Gasteiger partial charge in [-0.15, -0.1) is 0 Å². The standard InChI is InChI=1S/C44H30N2/c1-2-12-32-28-33(21-20-29(32)10-1)30-22-24-34(25-23-30)45-39-17-7-5-15-36(39)43-41(45)26-27-42-44(43)37-16-6-8-18-40(37)46(42)38-19-9-13-31-11-3-4-14-35(31)38/h1-25,28H,26-27H2. The largest absolute Gasteiger partial charge is 0.313 e. The molecular weight excluding hydrogens is 556 g/mol. The van der Waals surface area contributed by atoms with Gasteiger partial charge in [0, 0.05) is 44.4 Å². The molecule has 0 saturated heterocycles. The molecule has 1 aliphatic rings. The minimum Gasteiger partial charge on any atom is -0.313 e. The number of rotatable bonds is 3. The summed E-state index contributed by atoms with van der Waals surface area (Å²) in [5.41, 5.74) is 13.0. The first-order valence-electron chi connectivity index (χ1n) is 16.2. The Hall–Kier alpha value is -5.86. The zero-order valence-electron chi connectivity index (χ0n) is 25.3. The van der Waals surface area contributed by atoms with Crippen LogP contribution in [0.15, 0.2) is 158 Å². The van der Waals surface area contributed by atoms with Crippen molar-refractivity contribution in [1.29, 1.82) is 0 Å². The van der Waals surface area contributed by atoms with Crippen molar-refractivity contribution < 1.29 is 0 Å². The lowest BCUT2D eigenvalue weighted by atomic mass is 9.90. The topological polar surface area (TPSA) is 9.86 Å². The van der Waals surface area contributed by atoms with Gasteiger partial charge in [0.25, 0.3) is 0 Å². The number of benzene rings is 7. The van der Waals surface area contributed by atoms with Gasteiger partial charge in [0.1, 0.15) is 0 Å². The summed E-state index contributed by atoms with van der Waals surface area (Å²) >= 11 is 0. The van der Waals surface area contributed by atoms with E-state index in [0.29, 0.717) is 0 Å². The summed E-state index contributed by atoms with van der Waals surface area (Å²) in [4.78, 5) is 0. The fourth-order valence-electron chi connectivity index (χ4n) is 8.00. The summed E-state index contributed by atoms with van der Waals surface area (Å²) in [6.45, 7) is 0. The Morgan fingerprint density at radius 1 is 0.370 bits per heavy atom. The molecule has 2 aromatic heterocycles. The highest BCUT2D eigenvalue weighted by atomic mass is 15.0. The predicted octanol–water partition coefficient (Wildman–Crippen LogP) is 11.3. The molecule has 46 heavy (non-hydrogen) atoms. The van der Waals surface area contributed by atoms with E-state index < -0.39 is 0 Å². The van der Waals surface area contributed by atoms with Gasteiger partial charge in [0.2, 0.25) is 0 Å². The predicted molar refractivity (Wildman–Crippen MR) is 193 cm³/mol. The van der Waals surface area contributed by atoms with Crippen LogP contribution in [0.2, 0.25) is 0 Å². The Morgan fingerprint density at radius 3 is 1.65 bits per heavy atom. The lowest BCUT2D eigenvalue weighted by Gasteiger charge is -2.20. The average molecular weight is 587 g/mol. The maximum absolute atomic E-state index is 2.54. The van der Waals surface area contributed by atoms with Crippen LogP contribution in [0.5, 0.6) is 0 Å². The number of aromatic nitrogens is 2. The van der Waals surface area contributed by atoms with E-state index in [1.165, 1.54) is 88.4 Å². The first-order valence-corrected chi connectivity index (χ1v) is 16.2. The van der Waals surface area contributed by atoms with E-state index in [-0.39, 0.29) is 0 Å². The molecule has 10 rings (SSSR count). The van der Waals surface area contributed by atoms with Crippen LogP contribution >= 0.6 is 0 Å². The lowest BCUT2D eigenvalue weighted by molar-refractivity contribution is 0.823.